The van der Waals surface area contributed by atoms with Gasteiger partial charge in [0.15, 0.2) is 0 Å². The smallest absolute Gasteiger partial charge is 0.195 e. The predicted molar refractivity (Wildman–Crippen MR) is 108 cm³/mol. The minimum atomic E-state index is 0.738. The largest absolute Gasteiger partial charge is 0.212 e. The number of rotatable bonds is 5. The molecule has 0 saturated carbocycles. The summed E-state index contributed by atoms with van der Waals surface area (Å²) in [6, 6.07) is 22.2. The average Bonchev–Trinajstić information content (AvgIpc) is 3.13. The van der Waals surface area contributed by atoms with E-state index in [4.69, 9.17) is 11.6 Å². The first-order chi connectivity index (χ1) is 12.8. The van der Waals surface area contributed by atoms with Crippen molar-refractivity contribution < 1.29 is 0 Å². The zero-order chi connectivity index (χ0) is 17.8. The van der Waals surface area contributed by atoms with E-state index >= 15 is 0 Å². The molecule has 0 aliphatic carbocycles. The van der Waals surface area contributed by atoms with Crippen molar-refractivity contribution in [3.8, 4) is 0 Å². The van der Waals surface area contributed by atoms with Crippen molar-refractivity contribution in [1.82, 2.24) is 14.9 Å². The van der Waals surface area contributed by atoms with E-state index in [0.717, 1.165) is 21.5 Å². The summed E-state index contributed by atoms with van der Waals surface area (Å²) in [6.07, 6.45) is 3.46. The van der Waals surface area contributed by atoms with E-state index in [1.54, 1.807) is 22.8 Å². The third-order valence-corrected chi connectivity index (χ3v) is 5.18. The van der Waals surface area contributed by atoms with Gasteiger partial charge in [-0.05, 0) is 28.5 Å². The van der Waals surface area contributed by atoms with Gasteiger partial charge in [0.2, 0.25) is 5.16 Å². The van der Waals surface area contributed by atoms with Crippen molar-refractivity contribution in [1.29, 1.82) is 0 Å². The molecule has 0 radical (unpaired) electrons. The highest BCUT2D eigenvalue weighted by Crippen LogP contribution is 2.22. The molecular formula is C20H15ClN4S. The summed E-state index contributed by atoms with van der Waals surface area (Å²) in [5, 5.41) is 16.5. The van der Waals surface area contributed by atoms with Crippen LogP contribution in [0.4, 0.5) is 0 Å². The summed E-state index contributed by atoms with van der Waals surface area (Å²) in [7, 11) is 0. The van der Waals surface area contributed by atoms with Gasteiger partial charge in [-0.2, -0.15) is 9.78 Å². The highest BCUT2D eigenvalue weighted by atomic mass is 35.5. The minimum Gasteiger partial charge on any atom is -0.195 e. The standard InChI is InChI=1S/C20H15ClN4S/c21-18-10-8-15(9-11-18)13-26-20-24-22-14-25(20)23-12-17-6-3-5-16-4-1-2-7-19(16)17/h1-12,14H,13H2/b23-12+. The summed E-state index contributed by atoms with van der Waals surface area (Å²) in [6.45, 7) is 0. The van der Waals surface area contributed by atoms with Gasteiger partial charge in [-0.15, -0.1) is 10.2 Å². The number of hydrogen-bond donors (Lipinski definition) is 0. The van der Waals surface area contributed by atoms with Crippen molar-refractivity contribution in [3.63, 3.8) is 0 Å². The molecule has 0 saturated heterocycles. The number of fused-ring (bicyclic) bond motifs is 1. The first kappa shape index (κ1) is 16.8. The molecule has 26 heavy (non-hydrogen) atoms. The summed E-state index contributed by atoms with van der Waals surface area (Å²) in [4.78, 5) is 0. The first-order valence-corrected chi connectivity index (χ1v) is 9.45. The molecule has 0 amide bonds. The van der Waals surface area contributed by atoms with Crippen molar-refractivity contribution in [3.05, 3.63) is 89.2 Å². The lowest BCUT2D eigenvalue weighted by molar-refractivity contribution is 0.767. The van der Waals surface area contributed by atoms with Crippen molar-refractivity contribution >= 4 is 40.3 Å². The summed E-state index contributed by atoms with van der Waals surface area (Å²) in [5.74, 6) is 0.777. The fourth-order valence-electron chi connectivity index (χ4n) is 2.61. The lowest BCUT2D eigenvalue weighted by Crippen LogP contribution is -1.93. The molecule has 4 rings (SSSR count). The van der Waals surface area contributed by atoms with Crippen LogP contribution in [-0.2, 0) is 5.75 Å². The Morgan fingerprint density at radius 3 is 2.69 bits per heavy atom. The molecule has 1 aromatic heterocycles. The quantitative estimate of drug-likeness (QED) is 0.351. The second-order valence-electron chi connectivity index (χ2n) is 5.69. The van der Waals surface area contributed by atoms with Crippen LogP contribution in [0.3, 0.4) is 0 Å². The highest BCUT2D eigenvalue weighted by molar-refractivity contribution is 7.98. The van der Waals surface area contributed by atoms with Gasteiger partial charge >= 0.3 is 0 Å². The monoisotopic (exact) mass is 378 g/mol. The number of thioether (sulfide) groups is 1. The molecule has 0 aliphatic rings. The maximum absolute atomic E-state index is 5.93. The van der Waals surface area contributed by atoms with Crippen LogP contribution < -0.4 is 0 Å². The fourth-order valence-corrected chi connectivity index (χ4v) is 3.56. The van der Waals surface area contributed by atoms with Crippen LogP contribution in [-0.4, -0.2) is 21.1 Å². The van der Waals surface area contributed by atoms with Crippen LogP contribution in [0, 0.1) is 0 Å². The maximum atomic E-state index is 5.93. The zero-order valence-corrected chi connectivity index (χ0v) is 15.4. The molecule has 128 valence electrons. The van der Waals surface area contributed by atoms with E-state index in [1.165, 1.54) is 16.3 Å². The van der Waals surface area contributed by atoms with Gasteiger partial charge in [0, 0.05) is 16.3 Å². The number of nitrogens with zero attached hydrogens (tertiary/aromatic N) is 4. The molecule has 3 aromatic carbocycles. The third-order valence-electron chi connectivity index (χ3n) is 3.93. The second-order valence-corrected chi connectivity index (χ2v) is 7.07. The molecule has 0 bridgehead atoms. The van der Waals surface area contributed by atoms with Gasteiger partial charge in [0.1, 0.15) is 6.33 Å². The lowest BCUT2D eigenvalue weighted by atomic mass is 10.1. The number of halogens is 1. The minimum absolute atomic E-state index is 0.738. The molecule has 6 heteroatoms. The maximum Gasteiger partial charge on any atom is 0.212 e. The Morgan fingerprint density at radius 2 is 1.81 bits per heavy atom. The Morgan fingerprint density at radius 1 is 1.00 bits per heavy atom. The van der Waals surface area contributed by atoms with E-state index in [9.17, 15) is 0 Å². The van der Waals surface area contributed by atoms with E-state index in [1.807, 2.05) is 48.7 Å². The van der Waals surface area contributed by atoms with E-state index in [2.05, 4.69) is 39.6 Å². The van der Waals surface area contributed by atoms with Crippen LogP contribution >= 0.6 is 23.4 Å². The van der Waals surface area contributed by atoms with Crippen molar-refractivity contribution in [2.45, 2.75) is 10.9 Å². The highest BCUT2D eigenvalue weighted by Gasteiger charge is 2.05. The normalized spacial score (nSPS) is 11.4. The molecule has 0 fully saturated rings. The number of benzene rings is 3. The van der Waals surface area contributed by atoms with Gasteiger partial charge in [0.05, 0.1) is 6.21 Å². The van der Waals surface area contributed by atoms with Crippen LogP contribution in [0.1, 0.15) is 11.1 Å². The first-order valence-electron chi connectivity index (χ1n) is 8.09. The fraction of sp³-hybridized carbons (Fsp3) is 0.0500. The Kier molecular flexibility index (Phi) is 5.00. The van der Waals surface area contributed by atoms with Crippen molar-refractivity contribution in [2.75, 3.05) is 0 Å². The average molecular weight is 379 g/mol. The van der Waals surface area contributed by atoms with Crippen molar-refractivity contribution in [2.24, 2.45) is 5.10 Å². The second kappa shape index (κ2) is 7.72. The Hall–Kier alpha value is -2.63. The summed E-state index contributed by atoms with van der Waals surface area (Å²) < 4.78 is 1.70. The lowest BCUT2D eigenvalue weighted by Gasteiger charge is -2.03. The molecule has 0 aliphatic heterocycles. The van der Waals surface area contributed by atoms with Gasteiger partial charge in [-0.1, -0.05) is 78.0 Å². The number of aromatic nitrogens is 3. The molecule has 0 spiro atoms. The molecule has 1 heterocycles. The van der Waals surface area contributed by atoms with E-state index in [-0.39, 0.29) is 0 Å². The number of hydrogen-bond acceptors (Lipinski definition) is 4. The molecule has 4 aromatic rings. The van der Waals surface area contributed by atoms with Crippen LogP contribution in [0.5, 0.6) is 0 Å². The molecule has 0 N–H and O–H groups in total. The van der Waals surface area contributed by atoms with Crippen LogP contribution in [0.2, 0.25) is 5.02 Å². The third kappa shape index (κ3) is 3.79. The Labute approximate surface area is 160 Å². The van der Waals surface area contributed by atoms with Gasteiger partial charge in [0.25, 0.3) is 0 Å². The van der Waals surface area contributed by atoms with Crippen LogP contribution in [0.25, 0.3) is 10.8 Å². The molecule has 4 nitrogen and oxygen atoms in total. The van der Waals surface area contributed by atoms with Gasteiger partial charge < -0.3 is 0 Å². The van der Waals surface area contributed by atoms with Crippen LogP contribution in [0.15, 0.2) is 83.3 Å². The summed E-state index contributed by atoms with van der Waals surface area (Å²) >= 11 is 7.51. The molecule has 0 atom stereocenters. The van der Waals surface area contributed by atoms with E-state index < -0.39 is 0 Å². The Balaban J connectivity index is 1.53. The zero-order valence-electron chi connectivity index (χ0n) is 13.8. The topological polar surface area (TPSA) is 43.1 Å². The molecule has 0 unspecified atom stereocenters. The molecular weight excluding hydrogens is 364 g/mol. The SMILES string of the molecule is Clc1ccc(CSc2nncn2/N=C/c2cccc3ccccc23)cc1. The predicted octanol–water partition coefficient (Wildman–Crippen LogP) is 5.26. The van der Waals surface area contributed by atoms with Gasteiger partial charge in [-0.3, -0.25) is 0 Å². The Bertz CT molecular complexity index is 1050. The summed E-state index contributed by atoms with van der Waals surface area (Å²) in [5.41, 5.74) is 2.23. The van der Waals surface area contributed by atoms with Gasteiger partial charge in [-0.25, -0.2) is 0 Å². The van der Waals surface area contributed by atoms with E-state index in [0.29, 0.717) is 0 Å².